The quantitative estimate of drug-likeness (QED) is 0.571. The lowest BCUT2D eigenvalue weighted by Gasteiger charge is -2.16. The lowest BCUT2D eigenvalue weighted by molar-refractivity contribution is -0.119. The summed E-state index contributed by atoms with van der Waals surface area (Å²) in [5, 5.41) is 2.74. The number of rotatable bonds is 6. The number of amides is 1. The number of hydrogen-bond acceptors (Lipinski definition) is 3. The Bertz CT molecular complexity index is 359. The van der Waals surface area contributed by atoms with Gasteiger partial charge >= 0.3 is 0 Å². The first-order chi connectivity index (χ1) is 7.95. The molecule has 1 unspecified atom stereocenters. The number of nitrogens with zero attached hydrogens (tertiary/aromatic N) is 1. The molecule has 1 heterocycles. The molecular formula is C10H19ClN2O3S. The van der Waals surface area contributed by atoms with E-state index in [0.717, 1.165) is 0 Å². The van der Waals surface area contributed by atoms with Gasteiger partial charge in [0.05, 0.1) is 5.75 Å². The maximum absolute atomic E-state index is 11.9. The molecule has 0 aromatic rings. The van der Waals surface area contributed by atoms with Gasteiger partial charge in [-0.1, -0.05) is 0 Å². The van der Waals surface area contributed by atoms with E-state index in [-0.39, 0.29) is 17.7 Å². The van der Waals surface area contributed by atoms with Crippen molar-refractivity contribution in [3.63, 3.8) is 0 Å². The zero-order valence-electron chi connectivity index (χ0n) is 9.99. The molecule has 100 valence electrons. The first-order valence-corrected chi connectivity index (χ1v) is 7.91. The Labute approximate surface area is 108 Å². The third-order valence-electron chi connectivity index (χ3n) is 2.74. The first kappa shape index (κ1) is 14.7. The minimum Gasteiger partial charge on any atom is -0.352 e. The van der Waals surface area contributed by atoms with Crippen molar-refractivity contribution in [3.8, 4) is 0 Å². The van der Waals surface area contributed by atoms with Crippen LogP contribution in [-0.2, 0) is 14.8 Å². The van der Waals surface area contributed by atoms with Gasteiger partial charge in [-0.3, -0.25) is 4.79 Å². The van der Waals surface area contributed by atoms with Crippen molar-refractivity contribution in [2.24, 2.45) is 0 Å². The van der Waals surface area contributed by atoms with Gasteiger partial charge in [-0.2, -0.15) is 4.31 Å². The third kappa shape index (κ3) is 4.81. The summed E-state index contributed by atoms with van der Waals surface area (Å²) >= 11 is 5.51. The minimum absolute atomic E-state index is 0.0460. The monoisotopic (exact) mass is 282 g/mol. The molecule has 0 aromatic carbocycles. The van der Waals surface area contributed by atoms with Crippen LogP contribution in [0, 0.1) is 0 Å². The molecule has 0 aliphatic carbocycles. The molecule has 1 saturated heterocycles. The van der Waals surface area contributed by atoms with Crippen molar-refractivity contribution < 1.29 is 13.2 Å². The Kier molecular flexibility index (Phi) is 5.69. The molecule has 1 N–H and O–H groups in total. The second-order valence-electron chi connectivity index (χ2n) is 4.26. The number of carbonyl (C=O) groups is 1. The van der Waals surface area contributed by atoms with E-state index in [9.17, 15) is 13.2 Å². The molecule has 1 amide bonds. The number of halogens is 1. The van der Waals surface area contributed by atoms with E-state index in [4.69, 9.17) is 11.6 Å². The van der Waals surface area contributed by atoms with Crippen LogP contribution in [0.5, 0.6) is 0 Å². The summed E-state index contributed by atoms with van der Waals surface area (Å²) in [6.45, 7) is 2.33. The molecule has 0 aromatic heterocycles. The van der Waals surface area contributed by atoms with E-state index in [1.165, 1.54) is 11.2 Å². The van der Waals surface area contributed by atoms with Crippen molar-refractivity contribution in [2.45, 2.75) is 32.2 Å². The number of carbonyl (C=O) groups excluding carboxylic acids is 1. The molecular weight excluding hydrogens is 264 g/mol. The second kappa shape index (κ2) is 6.56. The highest BCUT2D eigenvalue weighted by atomic mass is 35.5. The lowest BCUT2D eigenvalue weighted by atomic mass is 10.3. The van der Waals surface area contributed by atoms with Gasteiger partial charge in [-0.05, 0) is 19.3 Å². The van der Waals surface area contributed by atoms with Crippen LogP contribution < -0.4 is 5.32 Å². The smallest absolute Gasteiger partial charge is 0.217 e. The zero-order chi connectivity index (χ0) is 12.9. The molecule has 0 bridgehead atoms. The van der Waals surface area contributed by atoms with Crippen LogP contribution in [0.15, 0.2) is 0 Å². The lowest BCUT2D eigenvalue weighted by Crippen LogP contribution is -2.38. The largest absolute Gasteiger partial charge is 0.352 e. The zero-order valence-corrected chi connectivity index (χ0v) is 11.6. The van der Waals surface area contributed by atoms with Crippen LogP contribution in [0.25, 0.3) is 0 Å². The molecule has 1 aliphatic rings. The van der Waals surface area contributed by atoms with Crippen LogP contribution in [-0.4, -0.2) is 49.4 Å². The van der Waals surface area contributed by atoms with Crippen LogP contribution in [0.3, 0.4) is 0 Å². The Hall–Kier alpha value is -0.330. The van der Waals surface area contributed by atoms with Gasteiger partial charge in [0.15, 0.2) is 0 Å². The van der Waals surface area contributed by atoms with Crippen LogP contribution >= 0.6 is 11.6 Å². The normalized spacial score (nSPS) is 21.6. The predicted octanol–water partition coefficient (Wildman–Crippen LogP) is 0.546. The van der Waals surface area contributed by atoms with Crippen molar-refractivity contribution >= 4 is 27.5 Å². The highest BCUT2D eigenvalue weighted by Crippen LogP contribution is 2.15. The maximum atomic E-state index is 11.9. The van der Waals surface area contributed by atoms with Gasteiger partial charge in [-0.15, -0.1) is 11.6 Å². The standard InChI is InChI=1S/C10H19ClN2O3S/c1-9(14)12-10-4-6-13(8-10)17(15,16)7-3-2-5-11/h10H,2-8H2,1H3,(H,12,14). The Morgan fingerprint density at radius 1 is 1.47 bits per heavy atom. The van der Waals surface area contributed by atoms with Gasteiger partial charge in [0.2, 0.25) is 15.9 Å². The summed E-state index contributed by atoms with van der Waals surface area (Å²) in [5.41, 5.74) is 0. The molecule has 1 aliphatic heterocycles. The summed E-state index contributed by atoms with van der Waals surface area (Å²) < 4.78 is 25.3. The molecule has 1 rings (SSSR count). The first-order valence-electron chi connectivity index (χ1n) is 5.76. The van der Waals surface area contributed by atoms with Gasteiger partial charge in [-0.25, -0.2) is 8.42 Å². The summed E-state index contributed by atoms with van der Waals surface area (Å²) in [6, 6.07) is -0.0460. The van der Waals surface area contributed by atoms with Crippen LogP contribution in [0.1, 0.15) is 26.2 Å². The van der Waals surface area contributed by atoms with Crippen LogP contribution in [0.4, 0.5) is 0 Å². The molecule has 0 spiro atoms. The Balaban J connectivity index is 2.43. The summed E-state index contributed by atoms with van der Waals surface area (Å²) in [6.07, 6.45) is 1.99. The van der Waals surface area contributed by atoms with Gasteiger partial charge in [0.1, 0.15) is 0 Å². The number of nitrogens with one attached hydrogen (secondary N) is 1. The van der Waals surface area contributed by atoms with Crippen molar-refractivity contribution in [1.29, 1.82) is 0 Å². The van der Waals surface area contributed by atoms with E-state index >= 15 is 0 Å². The predicted molar refractivity (Wildman–Crippen MR) is 67.5 cm³/mol. The number of alkyl halides is 1. The Morgan fingerprint density at radius 2 is 2.18 bits per heavy atom. The van der Waals surface area contributed by atoms with Crippen molar-refractivity contribution in [1.82, 2.24) is 9.62 Å². The molecule has 17 heavy (non-hydrogen) atoms. The van der Waals surface area contributed by atoms with Gasteiger partial charge in [0.25, 0.3) is 0 Å². The summed E-state index contributed by atoms with van der Waals surface area (Å²) in [5.74, 6) is 0.521. The number of sulfonamides is 1. The van der Waals surface area contributed by atoms with Gasteiger partial charge < -0.3 is 5.32 Å². The van der Waals surface area contributed by atoms with E-state index in [1.54, 1.807) is 0 Å². The van der Waals surface area contributed by atoms with E-state index < -0.39 is 10.0 Å². The summed E-state index contributed by atoms with van der Waals surface area (Å²) in [7, 11) is -3.18. The topological polar surface area (TPSA) is 66.5 Å². The van der Waals surface area contributed by atoms with Crippen molar-refractivity contribution in [2.75, 3.05) is 24.7 Å². The fourth-order valence-electron chi connectivity index (χ4n) is 1.89. The molecule has 0 saturated carbocycles. The highest BCUT2D eigenvalue weighted by Gasteiger charge is 2.31. The Morgan fingerprint density at radius 3 is 2.76 bits per heavy atom. The third-order valence-corrected chi connectivity index (χ3v) is 4.93. The van der Waals surface area contributed by atoms with E-state index in [0.29, 0.717) is 38.2 Å². The molecule has 0 radical (unpaired) electrons. The highest BCUT2D eigenvalue weighted by molar-refractivity contribution is 7.89. The molecule has 1 fully saturated rings. The van der Waals surface area contributed by atoms with E-state index in [1.807, 2.05) is 0 Å². The summed E-state index contributed by atoms with van der Waals surface area (Å²) in [4.78, 5) is 10.9. The average Bonchev–Trinajstić information content (AvgIpc) is 2.66. The maximum Gasteiger partial charge on any atom is 0.217 e. The molecule has 5 nitrogen and oxygen atoms in total. The fourth-order valence-corrected chi connectivity index (χ4v) is 3.70. The van der Waals surface area contributed by atoms with Gasteiger partial charge in [0, 0.05) is 31.9 Å². The molecule has 1 atom stereocenters. The minimum atomic E-state index is -3.18. The SMILES string of the molecule is CC(=O)NC1CCN(S(=O)(=O)CCCCCl)C1. The van der Waals surface area contributed by atoms with Crippen molar-refractivity contribution in [3.05, 3.63) is 0 Å². The average molecular weight is 283 g/mol. The van der Waals surface area contributed by atoms with E-state index in [2.05, 4.69) is 5.32 Å². The number of hydrogen-bond donors (Lipinski definition) is 1. The number of unbranched alkanes of at least 4 members (excludes halogenated alkanes) is 1. The van der Waals surface area contributed by atoms with Crippen LogP contribution in [0.2, 0.25) is 0 Å². The second-order valence-corrected chi connectivity index (χ2v) is 6.72. The fraction of sp³-hybridized carbons (Fsp3) is 0.900. The molecule has 7 heteroatoms.